The highest BCUT2D eigenvalue weighted by Gasteiger charge is 2.17. The molecule has 0 aliphatic rings. The number of rotatable bonds is 8. The quantitative estimate of drug-likeness (QED) is 0.524. The molecule has 3 amide bonds. The van der Waals surface area contributed by atoms with E-state index >= 15 is 0 Å². The van der Waals surface area contributed by atoms with Gasteiger partial charge in [-0.05, 0) is 35.4 Å². The number of nitrogens with one attached hydrogen (secondary N) is 2. The second kappa shape index (κ2) is 10.1. The number of ether oxygens (including phenoxy) is 1. The summed E-state index contributed by atoms with van der Waals surface area (Å²) in [5.41, 5.74) is 7.42. The van der Waals surface area contributed by atoms with Gasteiger partial charge < -0.3 is 21.1 Å². The summed E-state index contributed by atoms with van der Waals surface area (Å²) in [5, 5.41) is 5.39. The van der Waals surface area contributed by atoms with Gasteiger partial charge in [-0.15, -0.1) is 0 Å². The Bertz CT molecular complexity index is 994. The zero-order valence-corrected chi connectivity index (χ0v) is 16.2. The first-order chi connectivity index (χ1) is 14.5. The van der Waals surface area contributed by atoms with Gasteiger partial charge in [-0.25, -0.2) is 9.18 Å². The molecule has 0 spiro atoms. The van der Waals surface area contributed by atoms with E-state index in [1.807, 2.05) is 30.3 Å². The molecule has 0 saturated carbocycles. The summed E-state index contributed by atoms with van der Waals surface area (Å²) in [7, 11) is 0. The van der Waals surface area contributed by atoms with Crippen LogP contribution in [0.2, 0.25) is 0 Å². The van der Waals surface area contributed by atoms with Crippen molar-refractivity contribution in [2.75, 3.05) is 5.32 Å². The fourth-order valence-corrected chi connectivity index (χ4v) is 2.92. The number of halogens is 1. The molecule has 0 heterocycles. The third kappa shape index (κ3) is 6.34. The van der Waals surface area contributed by atoms with Crippen molar-refractivity contribution in [3.8, 4) is 5.75 Å². The zero-order valence-electron chi connectivity index (χ0n) is 16.2. The lowest BCUT2D eigenvalue weighted by atomic mass is 10.0. The van der Waals surface area contributed by atoms with Crippen molar-refractivity contribution in [3.63, 3.8) is 0 Å². The smallest absolute Gasteiger partial charge is 0.312 e. The molecular weight excluding hydrogens is 385 g/mol. The number of anilines is 1. The zero-order chi connectivity index (χ0) is 21.3. The first kappa shape index (κ1) is 20.9. The molecule has 0 radical (unpaired) electrons. The molecule has 1 atom stereocenters. The van der Waals surface area contributed by atoms with Crippen molar-refractivity contribution in [1.82, 2.24) is 5.32 Å². The molecule has 0 unspecified atom stereocenters. The lowest BCUT2D eigenvalue weighted by Crippen LogP contribution is -2.35. The number of primary amides is 1. The molecule has 0 bridgehead atoms. The van der Waals surface area contributed by atoms with Crippen molar-refractivity contribution < 1.29 is 18.7 Å². The molecule has 0 aromatic heterocycles. The Morgan fingerprint density at radius 1 is 0.967 bits per heavy atom. The molecule has 3 rings (SSSR count). The monoisotopic (exact) mass is 407 g/mol. The van der Waals surface area contributed by atoms with Crippen LogP contribution >= 0.6 is 0 Å². The molecule has 0 aliphatic heterocycles. The first-order valence-corrected chi connectivity index (χ1v) is 9.37. The first-order valence-electron chi connectivity index (χ1n) is 9.37. The second-order valence-corrected chi connectivity index (χ2v) is 6.67. The number of benzene rings is 3. The van der Waals surface area contributed by atoms with Gasteiger partial charge in [-0.2, -0.15) is 0 Å². The average molecular weight is 407 g/mol. The standard InChI is InChI=1S/C23H22FN3O3/c24-18-11-9-16(10-12-18)15-30-20-8-4-7-19(13-20)26-22(28)14-21(27-23(25)29)17-5-2-1-3-6-17/h1-13,21H,14-15H2,(H,26,28)(H3,25,27,29)/t21-/m1/s1. The van der Waals surface area contributed by atoms with Gasteiger partial charge in [0.2, 0.25) is 5.91 Å². The van der Waals surface area contributed by atoms with Crippen molar-refractivity contribution >= 4 is 17.6 Å². The van der Waals surface area contributed by atoms with Crippen LogP contribution < -0.4 is 21.1 Å². The molecule has 7 heteroatoms. The van der Waals surface area contributed by atoms with Crippen LogP contribution in [0.3, 0.4) is 0 Å². The molecule has 0 fully saturated rings. The molecular formula is C23H22FN3O3. The summed E-state index contributed by atoms with van der Waals surface area (Å²) < 4.78 is 18.7. The van der Waals surface area contributed by atoms with E-state index in [9.17, 15) is 14.0 Å². The highest BCUT2D eigenvalue weighted by molar-refractivity contribution is 5.91. The summed E-state index contributed by atoms with van der Waals surface area (Å²) in [6.07, 6.45) is 0.0214. The average Bonchev–Trinajstić information content (AvgIpc) is 2.73. The Labute approximate surface area is 173 Å². The van der Waals surface area contributed by atoms with E-state index in [1.165, 1.54) is 12.1 Å². The topological polar surface area (TPSA) is 93.5 Å². The van der Waals surface area contributed by atoms with Gasteiger partial charge in [0, 0.05) is 11.8 Å². The summed E-state index contributed by atoms with van der Waals surface area (Å²) in [4.78, 5) is 23.8. The maximum atomic E-state index is 13.0. The lowest BCUT2D eigenvalue weighted by molar-refractivity contribution is -0.116. The number of carbonyl (C=O) groups excluding carboxylic acids is 2. The fraction of sp³-hybridized carbons (Fsp3) is 0.130. The summed E-state index contributed by atoms with van der Waals surface area (Å²) >= 11 is 0. The van der Waals surface area contributed by atoms with Crippen molar-refractivity contribution in [3.05, 3.63) is 95.8 Å². The summed E-state index contributed by atoms with van der Waals surface area (Å²) in [5.74, 6) is -0.0247. The number of urea groups is 1. The van der Waals surface area contributed by atoms with E-state index in [0.717, 1.165) is 11.1 Å². The number of hydrogen-bond acceptors (Lipinski definition) is 3. The number of hydrogen-bond donors (Lipinski definition) is 3. The molecule has 30 heavy (non-hydrogen) atoms. The van der Waals surface area contributed by atoms with Crippen LogP contribution in [0, 0.1) is 5.82 Å². The Morgan fingerprint density at radius 3 is 2.40 bits per heavy atom. The van der Waals surface area contributed by atoms with Crippen LogP contribution in [0.25, 0.3) is 0 Å². The molecule has 6 nitrogen and oxygen atoms in total. The summed E-state index contributed by atoms with van der Waals surface area (Å²) in [6.45, 7) is 0.274. The predicted molar refractivity (Wildman–Crippen MR) is 112 cm³/mol. The maximum absolute atomic E-state index is 13.0. The van der Waals surface area contributed by atoms with Gasteiger partial charge in [-0.3, -0.25) is 4.79 Å². The molecule has 3 aromatic rings. The van der Waals surface area contributed by atoms with E-state index < -0.39 is 12.1 Å². The highest BCUT2D eigenvalue weighted by atomic mass is 19.1. The third-order valence-electron chi connectivity index (χ3n) is 4.34. The molecule has 0 aliphatic carbocycles. The third-order valence-corrected chi connectivity index (χ3v) is 4.34. The summed E-state index contributed by atoms with van der Waals surface area (Å²) in [6, 6.07) is 20.9. The van der Waals surface area contributed by atoms with Crippen molar-refractivity contribution in [1.29, 1.82) is 0 Å². The maximum Gasteiger partial charge on any atom is 0.312 e. The number of nitrogens with two attached hydrogens (primary N) is 1. The largest absolute Gasteiger partial charge is 0.489 e. The molecule has 154 valence electrons. The number of carbonyl (C=O) groups is 2. The number of amides is 3. The second-order valence-electron chi connectivity index (χ2n) is 6.67. The van der Waals surface area contributed by atoms with Crippen molar-refractivity contribution in [2.45, 2.75) is 19.1 Å². The van der Waals surface area contributed by atoms with Crippen LogP contribution in [-0.4, -0.2) is 11.9 Å². The Morgan fingerprint density at radius 2 is 1.70 bits per heavy atom. The van der Waals surface area contributed by atoms with Gasteiger partial charge in [-0.1, -0.05) is 48.5 Å². The minimum atomic E-state index is -0.701. The van der Waals surface area contributed by atoms with Crippen LogP contribution in [0.4, 0.5) is 14.9 Å². The highest BCUT2D eigenvalue weighted by Crippen LogP contribution is 2.21. The molecule has 0 saturated heterocycles. The van der Waals surface area contributed by atoms with Gasteiger partial charge in [0.15, 0.2) is 0 Å². The van der Waals surface area contributed by atoms with Crippen molar-refractivity contribution in [2.24, 2.45) is 5.73 Å². The predicted octanol–water partition coefficient (Wildman–Crippen LogP) is 4.14. The van der Waals surface area contributed by atoms with Crippen LogP contribution in [0.15, 0.2) is 78.9 Å². The Hall–Kier alpha value is -3.87. The van der Waals surface area contributed by atoms with Crippen LogP contribution in [0.5, 0.6) is 5.75 Å². The molecule has 4 N–H and O–H groups in total. The normalized spacial score (nSPS) is 11.4. The van der Waals surface area contributed by atoms with Gasteiger partial charge >= 0.3 is 6.03 Å². The molecule has 3 aromatic carbocycles. The van der Waals surface area contributed by atoms with E-state index in [2.05, 4.69) is 10.6 Å². The Balaban J connectivity index is 1.60. The lowest BCUT2D eigenvalue weighted by Gasteiger charge is -2.18. The van der Waals surface area contributed by atoms with Crippen LogP contribution in [-0.2, 0) is 11.4 Å². The van der Waals surface area contributed by atoms with E-state index in [4.69, 9.17) is 10.5 Å². The fourth-order valence-electron chi connectivity index (χ4n) is 2.92. The Kier molecular flexibility index (Phi) is 7.00. The van der Waals surface area contributed by atoms with Gasteiger partial charge in [0.1, 0.15) is 18.2 Å². The van der Waals surface area contributed by atoms with Crippen LogP contribution in [0.1, 0.15) is 23.6 Å². The van der Waals surface area contributed by atoms with E-state index in [0.29, 0.717) is 11.4 Å². The van der Waals surface area contributed by atoms with Gasteiger partial charge in [0.25, 0.3) is 0 Å². The minimum Gasteiger partial charge on any atom is -0.489 e. The minimum absolute atomic E-state index is 0.0214. The van der Waals surface area contributed by atoms with E-state index in [-0.39, 0.29) is 24.8 Å². The van der Waals surface area contributed by atoms with Gasteiger partial charge in [0.05, 0.1) is 12.5 Å². The van der Waals surface area contributed by atoms with E-state index in [1.54, 1.807) is 36.4 Å². The SMILES string of the molecule is NC(=O)N[C@H](CC(=O)Nc1cccc(OCc2ccc(F)cc2)c1)c1ccccc1.